The Morgan fingerprint density at radius 3 is 2.61 bits per heavy atom. The summed E-state index contributed by atoms with van der Waals surface area (Å²) in [4.78, 5) is 31.8. The number of nitrogens with zero attached hydrogens (tertiary/aromatic N) is 2. The van der Waals surface area contributed by atoms with Crippen LogP contribution in [0.15, 0.2) is 54.6 Å². The molecule has 3 aromatic rings. The maximum Gasteiger partial charge on any atom is 0.339 e. The van der Waals surface area contributed by atoms with Crippen LogP contribution in [0.4, 0.5) is 0 Å². The van der Waals surface area contributed by atoms with Crippen molar-refractivity contribution in [3.05, 3.63) is 77.0 Å². The number of carbonyl (C=O) groups excluding carboxylic acids is 2. The number of rotatable bonds is 3. The van der Waals surface area contributed by atoms with Crippen molar-refractivity contribution in [3.8, 4) is 0 Å². The molecule has 0 fully saturated rings. The van der Waals surface area contributed by atoms with Crippen LogP contribution >= 0.6 is 0 Å². The number of fused-ring (bicyclic) bond motifs is 2. The van der Waals surface area contributed by atoms with E-state index in [1.165, 1.54) is 5.56 Å². The van der Waals surface area contributed by atoms with Gasteiger partial charge in [0.05, 0.1) is 11.1 Å². The highest BCUT2D eigenvalue weighted by molar-refractivity contribution is 6.04. The quantitative estimate of drug-likeness (QED) is 0.656. The number of ether oxygens (including phenoxy) is 1. The van der Waals surface area contributed by atoms with Crippen LogP contribution in [0.2, 0.25) is 0 Å². The van der Waals surface area contributed by atoms with E-state index in [4.69, 9.17) is 4.74 Å². The number of hydrogen-bond acceptors (Lipinski definition) is 4. The summed E-state index contributed by atoms with van der Waals surface area (Å²) in [5.41, 5.74) is 4.33. The van der Waals surface area contributed by atoms with E-state index in [1.807, 2.05) is 49.4 Å². The normalized spacial score (nSPS) is 14.4. The lowest BCUT2D eigenvalue weighted by molar-refractivity contribution is -0.140. The summed E-state index contributed by atoms with van der Waals surface area (Å²) in [7, 11) is 0. The molecule has 28 heavy (non-hydrogen) atoms. The van der Waals surface area contributed by atoms with Crippen molar-refractivity contribution in [2.45, 2.75) is 32.9 Å². The molecule has 0 saturated carbocycles. The van der Waals surface area contributed by atoms with Crippen molar-refractivity contribution in [1.29, 1.82) is 0 Å². The van der Waals surface area contributed by atoms with Gasteiger partial charge >= 0.3 is 5.97 Å². The highest BCUT2D eigenvalue weighted by Gasteiger charge is 2.27. The zero-order chi connectivity index (χ0) is 19.7. The number of hydrogen-bond donors (Lipinski definition) is 0. The first kappa shape index (κ1) is 18.2. The zero-order valence-electron chi connectivity index (χ0n) is 16.0. The maximum atomic E-state index is 12.8. The van der Waals surface area contributed by atoms with Crippen molar-refractivity contribution >= 4 is 22.8 Å². The number of para-hydroxylation sites is 1. The Morgan fingerprint density at radius 1 is 1.07 bits per heavy atom. The number of aryl methyl sites for hydroxylation is 1. The Bertz CT molecular complexity index is 1060. The van der Waals surface area contributed by atoms with Gasteiger partial charge in [-0.3, -0.25) is 9.78 Å². The Labute approximate surface area is 163 Å². The molecule has 0 unspecified atom stereocenters. The van der Waals surface area contributed by atoms with Crippen LogP contribution in [0.3, 0.4) is 0 Å². The predicted octanol–water partition coefficient (Wildman–Crippen LogP) is 3.67. The Hall–Kier alpha value is -3.21. The highest BCUT2D eigenvalue weighted by Crippen LogP contribution is 2.22. The lowest BCUT2D eigenvalue weighted by atomic mass is 9.99. The zero-order valence-corrected chi connectivity index (χ0v) is 16.0. The van der Waals surface area contributed by atoms with Crippen LogP contribution in [-0.2, 0) is 22.5 Å². The molecular formula is C23H22N2O3. The van der Waals surface area contributed by atoms with Crippen LogP contribution in [0.25, 0.3) is 10.9 Å². The van der Waals surface area contributed by atoms with Gasteiger partial charge in [-0.2, -0.15) is 0 Å². The number of carbonyl (C=O) groups is 2. The fraction of sp³-hybridized carbons (Fsp3) is 0.261. The van der Waals surface area contributed by atoms with E-state index >= 15 is 0 Å². The summed E-state index contributed by atoms with van der Waals surface area (Å²) in [6.45, 7) is 4.66. The molecule has 0 bridgehead atoms. The lowest BCUT2D eigenvalue weighted by Crippen LogP contribution is -2.42. The molecule has 0 saturated heterocycles. The minimum atomic E-state index is -0.843. The summed E-state index contributed by atoms with van der Waals surface area (Å²) in [6.07, 6.45) is -0.0264. The molecule has 0 aliphatic carbocycles. The molecular weight excluding hydrogens is 352 g/mol. The van der Waals surface area contributed by atoms with Gasteiger partial charge in [-0.05, 0) is 43.5 Å². The highest BCUT2D eigenvalue weighted by atomic mass is 16.5. The van der Waals surface area contributed by atoms with Gasteiger partial charge in [0.1, 0.15) is 0 Å². The van der Waals surface area contributed by atoms with Crippen LogP contribution in [-0.4, -0.2) is 34.4 Å². The topological polar surface area (TPSA) is 59.5 Å². The molecule has 2 aromatic carbocycles. The smallest absolute Gasteiger partial charge is 0.339 e. The molecule has 0 N–H and O–H groups in total. The molecule has 142 valence electrons. The second kappa shape index (κ2) is 7.43. The minimum Gasteiger partial charge on any atom is -0.449 e. The Morgan fingerprint density at radius 2 is 1.79 bits per heavy atom. The lowest BCUT2D eigenvalue weighted by Gasteiger charge is -2.30. The third-order valence-electron chi connectivity index (χ3n) is 5.14. The standard InChI is InChI=1S/C23H22N2O3/c1-15-13-20(19-9-5-6-10-21(19)24-15)23(27)28-16(2)22(26)25-12-11-17-7-3-4-8-18(17)14-25/h3-10,13,16H,11-12,14H2,1-2H3/t16-/m1/s1. The van der Waals surface area contributed by atoms with Crippen molar-refractivity contribution < 1.29 is 14.3 Å². The fourth-order valence-electron chi connectivity index (χ4n) is 3.69. The molecule has 1 aliphatic heterocycles. The van der Waals surface area contributed by atoms with E-state index < -0.39 is 12.1 Å². The fourth-order valence-corrected chi connectivity index (χ4v) is 3.69. The minimum absolute atomic E-state index is 0.169. The molecule has 1 atom stereocenters. The van der Waals surface area contributed by atoms with Gasteiger partial charge in [0, 0.05) is 24.2 Å². The van der Waals surface area contributed by atoms with Gasteiger partial charge < -0.3 is 9.64 Å². The molecule has 1 aliphatic rings. The van der Waals surface area contributed by atoms with Crippen LogP contribution in [0, 0.1) is 6.92 Å². The molecule has 2 heterocycles. The van der Waals surface area contributed by atoms with Crippen LogP contribution in [0.5, 0.6) is 0 Å². The molecule has 4 rings (SSSR count). The van der Waals surface area contributed by atoms with Crippen molar-refractivity contribution in [1.82, 2.24) is 9.88 Å². The van der Waals surface area contributed by atoms with Gasteiger partial charge in [-0.15, -0.1) is 0 Å². The summed E-state index contributed by atoms with van der Waals surface area (Å²) >= 11 is 0. The third kappa shape index (κ3) is 3.48. The molecule has 0 spiro atoms. The van der Waals surface area contributed by atoms with Gasteiger partial charge in [-0.25, -0.2) is 4.79 Å². The van der Waals surface area contributed by atoms with Crippen molar-refractivity contribution in [2.24, 2.45) is 0 Å². The van der Waals surface area contributed by atoms with E-state index in [0.717, 1.165) is 28.6 Å². The van der Waals surface area contributed by atoms with Crippen LogP contribution < -0.4 is 0 Å². The number of amides is 1. The SMILES string of the molecule is Cc1cc(C(=O)O[C@H](C)C(=O)N2CCc3ccccc3C2)c2ccccc2n1. The monoisotopic (exact) mass is 374 g/mol. The van der Waals surface area contributed by atoms with Gasteiger partial charge in [0.25, 0.3) is 5.91 Å². The number of aromatic nitrogens is 1. The van der Waals surface area contributed by atoms with Gasteiger partial charge in [0.15, 0.2) is 6.10 Å². The molecule has 1 amide bonds. The Balaban J connectivity index is 1.50. The van der Waals surface area contributed by atoms with Crippen molar-refractivity contribution in [2.75, 3.05) is 6.54 Å². The molecule has 5 nitrogen and oxygen atoms in total. The van der Waals surface area contributed by atoms with Crippen LogP contribution in [0.1, 0.15) is 34.1 Å². The molecule has 0 radical (unpaired) electrons. The summed E-state index contributed by atoms with van der Waals surface area (Å²) < 4.78 is 5.54. The number of benzene rings is 2. The first-order chi connectivity index (χ1) is 13.5. The number of pyridine rings is 1. The largest absolute Gasteiger partial charge is 0.449 e. The second-order valence-electron chi connectivity index (χ2n) is 7.15. The third-order valence-corrected chi connectivity index (χ3v) is 5.14. The first-order valence-corrected chi connectivity index (χ1v) is 9.46. The van der Waals surface area contributed by atoms with Crippen molar-refractivity contribution in [3.63, 3.8) is 0 Å². The molecule has 1 aromatic heterocycles. The maximum absolute atomic E-state index is 12.8. The van der Waals surface area contributed by atoms with E-state index in [0.29, 0.717) is 18.7 Å². The summed E-state index contributed by atoms with van der Waals surface area (Å²) in [5.74, 6) is -0.669. The van der Waals surface area contributed by atoms with E-state index in [2.05, 4.69) is 11.1 Å². The van der Waals surface area contributed by atoms with E-state index in [1.54, 1.807) is 17.9 Å². The molecule has 5 heteroatoms. The second-order valence-corrected chi connectivity index (χ2v) is 7.15. The summed E-state index contributed by atoms with van der Waals surface area (Å²) in [6, 6.07) is 17.3. The first-order valence-electron chi connectivity index (χ1n) is 9.46. The van der Waals surface area contributed by atoms with E-state index in [9.17, 15) is 9.59 Å². The predicted molar refractivity (Wildman–Crippen MR) is 107 cm³/mol. The average Bonchev–Trinajstić information content (AvgIpc) is 2.72. The summed E-state index contributed by atoms with van der Waals surface area (Å²) in [5, 5.41) is 0.727. The number of esters is 1. The van der Waals surface area contributed by atoms with E-state index in [-0.39, 0.29) is 5.91 Å². The Kier molecular flexibility index (Phi) is 4.82. The average molecular weight is 374 g/mol. The van der Waals surface area contributed by atoms with Gasteiger partial charge in [0.2, 0.25) is 0 Å². The van der Waals surface area contributed by atoms with Gasteiger partial charge in [-0.1, -0.05) is 42.5 Å².